The van der Waals surface area contributed by atoms with Gasteiger partial charge in [-0.1, -0.05) is 78.3 Å². The van der Waals surface area contributed by atoms with Gasteiger partial charge in [-0.05, 0) is 23.3 Å². The first-order valence-electron chi connectivity index (χ1n) is 11.0. The number of benzene rings is 3. The molecule has 5 nitrogen and oxygen atoms in total. The lowest BCUT2D eigenvalue weighted by Gasteiger charge is -2.35. The summed E-state index contributed by atoms with van der Waals surface area (Å²) in [5.41, 5.74) is 3.23. The van der Waals surface area contributed by atoms with Crippen LogP contribution in [-0.4, -0.2) is 53.6 Å². The summed E-state index contributed by atoms with van der Waals surface area (Å²) in [5, 5.41) is 0.427. The first kappa shape index (κ1) is 22.7. The number of rotatable bonds is 6. The van der Waals surface area contributed by atoms with Gasteiger partial charge in [0.2, 0.25) is 5.91 Å². The zero-order valence-corrected chi connectivity index (χ0v) is 19.0. The Morgan fingerprint density at radius 1 is 0.667 bits per heavy atom. The zero-order valence-electron chi connectivity index (χ0n) is 18.2. The van der Waals surface area contributed by atoms with Crippen LogP contribution in [0.3, 0.4) is 0 Å². The van der Waals surface area contributed by atoms with E-state index in [1.807, 2.05) is 54.6 Å². The molecule has 1 saturated heterocycles. The van der Waals surface area contributed by atoms with Crippen LogP contribution < -0.4 is 0 Å². The second-order valence-corrected chi connectivity index (χ2v) is 8.43. The Kier molecular flexibility index (Phi) is 7.20. The summed E-state index contributed by atoms with van der Waals surface area (Å²) < 4.78 is 0. The molecule has 2 amide bonds. The largest absolute Gasteiger partial charge is 0.339 e. The van der Waals surface area contributed by atoms with Crippen LogP contribution in [0, 0.1) is 0 Å². The van der Waals surface area contributed by atoms with Crippen LogP contribution in [0.2, 0.25) is 5.02 Å². The molecule has 0 spiro atoms. The maximum absolute atomic E-state index is 12.7. The molecule has 33 heavy (non-hydrogen) atoms. The molecule has 4 rings (SSSR count). The summed E-state index contributed by atoms with van der Waals surface area (Å²) in [5.74, 6) is -0.230. The van der Waals surface area contributed by atoms with E-state index in [1.54, 1.807) is 34.1 Å². The van der Waals surface area contributed by atoms with Gasteiger partial charge >= 0.3 is 0 Å². The number of hydrogen-bond acceptors (Lipinski definition) is 3. The molecule has 0 aliphatic carbocycles. The Labute approximate surface area is 198 Å². The molecule has 0 N–H and O–H groups in total. The summed E-state index contributed by atoms with van der Waals surface area (Å²) in [7, 11) is 0. The van der Waals surface area contributed by atoms with Gasteiger partial charge in [0.05, 0.1) is 10.6 Å². The van der Waals surface area contributed by atoms with Crippen LogP contribution in [0.1, 0.15) is 33.6 Å². The van der Waals surface area contributed by atoms with E-state index in [-0.39, 0.29) is 30.4 Å². The predicted molar refractivity (Wildman–Crippen MR) is 129 cm³/mol. The number of halogens is 1. The van der Waals surface area contributed by atoms with Gasteiger partial charge in [0.15, 0.2) is 5.78 Å². The fourth-order valence-electron chi connectivity index (χ4n) is 3.97. The van der Waals surface area contributed by atoms with Gasteiger partial charge in [0.25, 0.3) is 5.91 Å². The molecule has 1 heterocycles. The topological polar surface area (TPSA) is 57.7 Å². The normalized spacial score (nSPS) is 13.6. The molecule has 1 aliphatic rings. The van der Waals surface area contributed by atoms with E-state index in [0.717, 1.165) is 11.1 Å². The molecule has 6 heteroatoms. The summed E-state index contributed by atoms with van der Waals surface area (Å²) in [4.78, 5) is 41.3. The van der Waals surface area contributed by atoms with Crippen molar-refractivity contribution in [3.05, 3.63) is 95.0 Å². The third kappa shape index (κ3) is 5.49. The van der Waals surface area contributed by atoms with Crippen molar-refractivity contribution in [3.63, 3.8) is 0 Å². The van der Waals surface area contributed by atoms with E-state index in [0.29, 0.717) is 42.3 Å². The third-order valence-corrected chi connectivity index (χ3v) is 6.23. The van der Waals surface area contributed by atoms with Gasteiger partial charge in [-0.25, -0.2) is 0 Å². The van der Waals surface area contributed by atoms with Crippen molar-refractivity contribution in [1.29, 1.82) is 0 Å². The highest BCUT2D eigenvalue weighted by molar-refractivity contribution is 6.33. The molecule has 168 valence electrons. The Hall–Kier alpha value is -3.44. The van der Waals surface area contributed by atoms with Gasteiger partial charge in [-0.15, -0.1) is 0 Å². The molecule has 0 bridgehead atoms. The predicted octanol–water partition coefficient (Wildman–Crippen LogP) is 4.95. The third-order valence-electron chi connectivity index (χ3n) is 5.90. The lowest BCUT2D eigenvalue weighted by atomic mass is 10.0. The minimum atomic E-state index is -0.123. The van der Waals surface area contributed by atoms with E-state index in [9.17, 15) is 14.4 Å². The first-order chi connectivity index (χ1) is 16.0. The summed E-state index contributed by atoms with van der Waals surface area (Å²) in [6, 6.07) is 24.4. The van der Waals surface area contributed by atoms with E-state index in [1.165, 1.54) is 0 Å². The van der Waals surface area contributed by atoms with Crippen LogP contribution >= 0.6 is 11.6 Å². The van der Waals surface area contributed by atoms with Gasteiger partial charge in [0, 0.05) is 44.6 Å². The fourth-order valence-corrected chi connectivity index (χ4v) is 4.18. The number of carbonyl (C=O) groups is 3. The van der Waals surface area contributed by atoms with Crippen molar-refractivity contribution in [2.45, 2.75) is 12.8 Å². The first-order valence-corrected chi connectivity index (χ1v) is 11.4. The molecule has 0 aromatic heterocycles. The molecule has 3 aromatic rings. The van der Waals surface area contributed by atoms with Crippen molar-refractivity contribution >= 4 is 29.2 Å². The van der Waals surface area contributed by atoms with Gasteiger partial charge in [0.1, 0.15) is 0 Å². The van der Waals surface area contributed by atoms with E-state index in [4.69, 9.17) is 11.6 Å². The highest BCUT2D eigenvalue weighted by atomic mass is 35.5. The minimum Gasteiger partial charge on any atom is -0.339 e. The number of carbonyl (C=O) groups excluding carboxylic acids is 3. The number of nitrogens with zero attached hydrogens (tertiary/aromatic N) is 2. The second-order valence-electron chi connectivity index (χ2n) is 8.02. The van der Waals surface area contributed by atoms with Crippen molar-refractivity contribution < 1.29 is 14.4 Å². The van der Waals surface area contributed by atoms with Crippen LogP contribution in [0.25, 0.3) is 11.1 Å². The SMILES string of the molecule is O=C(CCC(=O)N1CCN(C(=O)c2ccccc2Cl)CC1)c1ccc(-c2ccccc2)cc1. The average Bonchev–Trinajstić information content (AvgIpc) is 2.87. The van der Waals surface area contributed by atoms with Gasteiger partial charge in [-0.3, -0.25) is 14.4 Å². The molecule has 0 saturated carbocycles. The summed E-state index contributed by atoms with van der Waals surface area (Å²) in [6.07, 6.45) is 0.333. The fraction of sp³-hybridized carbons (Fsp3) is 0.222. The van der Waals surface area contributed by atoms with Crippen LogP contribution in [0.15, 0.2) is 78.9 Å². The van der Waals surface area contributed by atoms with Crippen molar-refractivity contribution in [3.8, 4) is 11.1 Å². The molecule has 0 unspecified atom stereocenters. The standard InChI is InChI=1S/C27H25ClN2O3/c28-24-9-5-4-8-23(24)27(33)30-18-16-29(17-19-30)26(32)15-14-25(31)22-12-10-21(11-13-22)20-6-2-1-3-7-20/h1-13H,14-19H2. The lowest BCUT2D eigenvalue weighted by Crippen LogP contribution is -2.50. The van der Waals surface area contributed by atoms with Crippen molar-refractivity contribution in [2.75, 3.05) is 26.2 Å². The average molecular weight is 461 g/mol. The Bertz CT molecular complexity index is 1140. The lowest BCUT2D eigenvalue weighted by molar-refractivity contribution is -0.132. The summed E-state index contributed by atoms with van der Waals surface area (Å²) in [6.45, 7) is 1.80. The summed E-state index contributed by atoms with van der Waals surface area (Å²) >= 11 is 6.13. The highest BCUT2D eigenvalue weighted by Gasteiger charge is 2.26. The molecule has 0 atom stereocenters. The Morgan fingerprint density at radius 3 is 1.91 bits per heavy atom. The number of Topliss-reactive ketones (excluding diaryl/α,β-unsaturated/α-hetero) is 1. The van der Waals surface area contributed by atoms with Crippen LogP contribution in [-0.2, 0) is 4.79 Å². The smallest absolute Gasteiger partial charge is 0.255 e. The zero-order chi connectivity index (χ0) is 23.2. The van der Waals surface area contributed by atoms with Gasteiger partial charge < -0.3 is 9.80 Å². The second kappa shape index (κ2) is 10.5. The molecular formula is C27H25ClN2O3. The quantitative estimate of drug-likeness (QED) is 0.489. The molecular weight excluding hydrogens is 436 g/mol. The van der Waals surface area contributed by atoms with E-state index >= 15 is 0 Å². The highest BCUT2D eigenvalue weighted by Crippen LogP contribution is 2.21. The molecule has 0 radical (unpaired) electrons. The molecule has 3 aromatic carbocycles. The number of ketones is 1. The molecule has 1 fully saturated rings. The van der Waals surface area contributed by atoms with E-state index in [2.05, 4.69) is 0 Å². The maximum atomic E-state index is 12.7. The van der Waals surface area contributed by atoms with Crippen LogP contribution in [0.5, 0.6) is 0 Å². The molecule has 1 aliphatic heterocycles. The number of hydrogen-bond donors (Lipinski definition) is 0. The minimum absolute atomic E-state index is 0.0458. The van der Waals surface area contributed by atoms with Crippen LogP contribution in [0.4, 0.5) is 0 Å². The Balaban J connectivity index is 1.26. The maximum Gasteiger partial charge on any atom is 0.255 e. The van der Waals surface area contributed by atoms with Crippen molar-refractivity contribution in [2.24, 2.45) is 0 Å². The van der Waals surface area contributed by atoms with Gasteiger partial charge in [-0.2, -0.15) is 0 Å². The number of piperazine rings is 1. The Morgan fingerprint density at radius 2 is 1.24 bits per heavy atom. The van der Waals surface area contributed by atoms with E-state index < -0.39 is 0 Å². The number of amides is 2. The van der Waals surface area contributed by atoms with Crippen molar-refractivity contribution in [1.82, 2.24) is 9.80 Å². The monoisotopic (exact) mass is 460 g/mol.